The normalized spacial score (nSPS) is 11.7. The quantitative estimate of drug-likeness (QED) is 0.132. The molecule has 0 atom stereocenters. The molecular weight excluding hydrogens is 498 g/mol. The van der Waals surface area contributed by atoms with Crippen molar-refractivity contribution in [2.75, 3.05) is 13.2 Å². The largest absolute Gasteiger partial charge is 0.506 e. The summed E-state index contributed by atoms with van der Waals surface area (Å²) in [6.07, 6.45) is 1.60. The zero-order valence-electron chi connectivity index (χ0n) is 21.8. The number of hydrazone groups is 1. The van der Waals surface area contributed by atoms with Crippen LogP contribution in [0.25, 0.3) is 10.8 Å². The van der Waals surface area contributed by atoms with Gasteiger partial charge >= 0.3 is 0 Å². The second-order valence-electron chi connectivity index (χ2n) is 10.0. The lowest BCUT2D eigenvalue weighted by Crippen LogP contribution is -2.21. The van der Waals surface area contributed by atoms with Crippen molar-refractivity contribution in [1.29, 1.82) is 0 Å². The smallest absolute Gasteiger partial charge is 0.271 e. The molecule has 6 nitrogen and oxygen atoms in total. The van der Waals surface area contributed by atoms with Gasteiger partial charge in [0.05, 0.1) is 11.2 Å². The SMILES string of the molecule is CC(C)(C)c1ccc(CNCCOc2ccc(C=NNC(=O)c3ccc(O)c(Cl)c3)c3ccccc23)cc1. The van der Waals surface area contributed by atoms with Crippen LogP contribution in [0, 0.1) is 0 Å². The summed E-state index contributed by atoms with van der Waals surface area (Å²) < 4.78 is 6.09. The van der Waals surface area contributed by atoms with Crippen molar-refractivity contribution >= 4 is 34.5 Å². The predicted octanol–water partition coefficient (Wildman–Crippen LogP) is 6.43. The molecule has 3 N–H and O–H groups in total. The van der Waals surface area contributed by atoms with E-state index in [9.17, 15) is 9.90 Å². The van der Waals surface area contributed by atoms with Crippen LogP contribution >= 0.6 is 11.6 Å². The van der Waals surface area contributed by atoms with Crippen molar-refractivity contribution in [2.45, 2.75) is 32.7 Å². The molecule has 0 aliphatic heterocycles. The van der Waals surface area contributed by atoms with Crippen LogP contribution in [0.2, 0.25) is 5.02 Å². The van der Waals surface area contributed by atoms with Gasteiger partial charge in [-0.05, 0) is 52.3 Å². The molecule has 0 spiro atoms. The monoisotopic (exact) mass is 529 g/mol. The van der Waals surface area contributed by atoms with Gasteiger partial charge in [-0.3, -0.25) is 4.79 Å². The van der Waals surface area contributed by atoms with Crippen molar-refractivity contribution in [3.63, 3.8) is 0 Å². The number of hydrogen-bond donors (Lipinski definition) is 3. The zero-order chi connectivity index (χ0) is 27.1. The predicted molar refractivity (Wildman–Crippen MR) is 154 cm³/mol. The minimum atomic E-state index is -0.426. The molecule has 0 saturated carbocycles. The number of fused-ring (bicyclic) bond motifs is 1. The Morgan fingerprint density at radius 3 is 2.45 bits per heavy atom. The Kier molecular flexibility index (Phi) is 8.66. The van der Waals surface area contributed by atoms with Crippen LogP contribution in [-0.2, 0) is 12.0 Å². The molecule has 0 radical (unpaired) electrons. The molecule has 0 aliphatic carbocycles. The number of phenolic OH excluding ortho intramolecular Hbond substituents is 1. The molecule has 4 aromatic rings. The van der Waals surface area contributed by atoms with Crippen LogP contribution in [0.3, 0.4) is 0 Å². The van der Waals surface area contributed by atoms with Gasteiger partial charge in [0.15, 0.2) is 0 Å². The van der Waals surface area contributed by atoms with Crippen LogP contribution in [0.4, 0.5) is 0 Å². The molecule has 0 aromatic heterocycles. The van der Waals surface area contributed by atoms with Crippen molar-refractivity contribution in [3.8, 4) is 11.5 Å². The lowest BCUT2D eigenvalue weighted by atomic mass is 9.87. The number of benzene rings is 4. The number of carbonyl (C=O) groups excluding carboxylic acids is 1. The van der Waals surface area contributed by atoms with Gasteiger partial charge < -0.3 is 15.2 Å². The number of nitrogens with zero attached hydrogens (tertiary/aromatic N) is 1. The average Bonchev–Trinajstić information content (AvgIpc) is 2.90. The summed E-state index contributed by atoms with van der Waals surface area (Å²) in [5.41, 5.74) is 6.36. The van der Waals surface area contributed by atoms with Gasteiger partial charge in [-0.1, -0.05) is 80.9 Å². The molecule has 38 heavy (non-hydrogen) atoms. The summed E-state index contributed by atoms with van der Waals surface area (Å²) in [6.45, 7) is 8.68. The lowest BCUT2D eigenvalue weighted by molar-refractivity contribution is 0.0955. The maximum Gasteiger partial charge on any atom is 0.271 e. The molecule has 7 heteroatoms. The molecule has 196 valence electrons. The molecule has 0 unspecified atom stereocenters. The Morgan fingerprint density at radius 2 is 1.74 bits per heavy atom. The van der Waals surface area contributed by atoms with Crippen molar-refractivity contribution in [2.24, 2.45) is 5.10 Å². The first-order valence-corrected chi connectivity index (χ1v) is 12.9. The molecule has 0 fully saturated rings. The van der Waals surface area contributed by atoms with Crippen molar-refractivity contribution in [3.05, 3.63) is 106 Å². The first kappa shape index (κ1) is 27.2. The Bertz CT molecular complexity index is 1440. The highest BCUT2D eigenvalue weighted by molar-refractivity contribution is 6.32. The van der Waals surface area contributed by atoms with E-state index in [0.717, 1.165) is 28.6 Å². The number of aromatic hydroxyl groups is 1. The van der Waals surface area contributed by atoms with E-state index in [2.05, 4.69) is 60.9 Å². The minimum Gasteiger partial charge on any atom is -0.506 e. The van der Waals surface area contributed by atoms with Crippen LogP contribution in [0.1, 0.15) is 47.8 Å². The third-order valence-electron chi connectivity index (χ3n) is 6.18. The molecule has 1 amide bonds. The number of amides is 1. The van der Waals surface area contributed by atoms with E-state index in [1.165, 1.54) is 29.3 Å². The lowest BCUT2D eigenvalue weighted by Gasteiger charge is -2.19. The molecule has 4 rings (SSSR count). The number of phenols is 1. The topological polar surface area (TPSA) is 83.0 Å². The Morgan fingerprint density at radius 1 is 1.00 bits per heavy atom. The van der Waals surface area contributed by atoms with Crippen LogP contribution in [0.15, 0.2) is 84.0 Å². The third kappa shape index (κ3) is 6.91. The van der Waals surface area contributed by atoms with Gasteiger partial charge in [0.25, 0.3) is 5.91 Å². The second kappa shape index (κ2) is 12.1. The number of ether oxygens (including phenoxy) is 1. The summed E-state index contributed by atoms with van der Waals surface area (Å²) in [6, 6.07) is 24.7. The van der Waals surface area contributed by atoms with E-state index in [4.69, 9.17) is 16.3 Å². The highest BCUT2D eigenvalue weighted by Crippen LogP contribution is 2.28. The van der Waals surface area contributed by atoms with Gasteiger partial charge in [0.2, 0.25) is 0 Å². The summed E-state index contributed by atoms with van der Waals surface area (Å²) in [5.74, 6) is 0.282. The van der Waals surface area contributed by atoms with E-state index in [1.807, 2.05) is 36.4 Å². The number of hydrogen-bond acceptors (Lipinski definition) is 5. The Hall–Kier alpha value is -3.87. The van der Waals surface area contributed by atoms with E-state index < -0.39 is 5.91 Å². The van der Waals surface area contributed by atoms with Crippen LogP contribution in [-0.4, -0.2) is 30.4 Å². The van der Waals surface area contributed by atoms with E-state index in [1.54, 1.807) is 6.21 Å². The summed E-state index contributed by atoms with van der Waals surface area (Å²) in [4.78, 5) is 12.3. The number of rotatable bonds is 9. The highest BCUT2D eigenvalue weighted by Gasteiger charge is 2.13. The Labute approximate surface area is 228 Å². The standard InChI is InChI=1S/C31H32ClN3O3/c1-31(2,3)24-12-8-21(9-13-24)19-33-16-17-38-29-15-11-23(25-6-4-5-7-26(25)29)20-34-35-30(37)22-10-14-28(36)27(32)18-22/h4-15,18,20,33,36H,16-17,19H2,1-3H3,(H,35,37). The minimum absolute atomic E-state index is 0.0813. The summed E-state index contributed by atoms with van der Waals surface area (Å²) >= 11 is 5.88. The van der Waals surface area contributed by atoms with Crippen molar-refractivity contribution < 1.29 is 14.6 Å². The van der Waals surface area contributed by atoms with Crippen LogP contribution < -0.4 is 15.5 Å². The van der Waals surface area contributed by atoms with Crippen molar-refractivity contribution in [1.82, 2.24) is 10.7 Å². The van der Waals surface area contributed by atoms with E-state index in [0.29, 0.717) is 18.7 Å². The van der Waals surface area contributed by atoms with Crippen LogP contribution in [0.5, 0.6) is 11.5 Å². The highest BCUT2D eigenvalue weighted by atomic mass is 35.5. The maximum absolute atomic E-state index is 12.3. The summed E-state index contributed by atoms with van der Waals surface area (Å²) in [7, 11) is 0. The fourth-order valence-corrected chi connectivity index (χ4v) is 4.18. The number of nitrogens with one attached hydrogen (secondary N) is 2. The third-order valence-corrected chi connectivity index (χ3v) is 6.49. The number of halogens is 1. The molecule has 0 bridgehead atoms. The van der Waals surface area contributed by atoms with Gasteiger partial charge in [0, 0.05) is 29.6 Å². The average molecular weight is 530 g/mol. The molecule has 0 saturated heterocycles. The Balaban J connectivity index is 1.33. The molecule has 0 heterocycles. The van der Waals surface area contributed by atoms with Gasteiger partial charge in [-0.2, -0.15) is 5.10 Å². The fraction of sp³-hybridized carbons (Fsp3) is 0.226. The van der Waals surface area contributed by atoms with Gasteiger partial charge in [-0.25, -0.2) is 5.43 Å². The van der Waals surface area contributed by atoms with Gasteiger partial charge in [-0.15, -0.1) is 0 Å². The van der Waals surface area contributed by atoms with E-state index >= 15 is 0 Å². The first-order valence-electron chi connectivity index (χ1n) is 12.5. The summed E-state index contributed by atoms with van der Waals surface area (Å²) in [5, 5.41) is 19.1. The second-order valence-corrected chi connectivity index (χ2v) is 10.4. The van der Waals surface area contributed by atoms with E-state index in [-0.39, 0.29) is 16.2 Å². The fourth-order valence-electron chi connectivity index (χ4n) is 3.99. The van der Waals surface area contributed by atoms with Gasteiger partial charge in [0.1, 0.15) is 18.1 Å². The molecular formula is C31H32ClN3O3. The number of carbonyl (C=O) groups is 1. The maximum atomic E-state index is 12.3. The zero-order valence-corrected chi connectivity index (χ0v) is 22.5. The molecule has 4 aromatic carbocycles. The first-order chi connectivity index (χ1) is 18.2. The molecule has 0 aliphatic rings.